The predicted molar refractivity (Wildman–Crippen MR) is 94.6 cm³/mol. The van der Waals surface area contributed by atoms with Gasteiger partial charge < -0.3 is 26.2 Å². The summed E-state index contributed by atoms with van der Waals surface area (Å²) in [6.07, 6.45) is -0.887. The number of amides is 1. The zero-order valence-corrected chi connectivity index (χ0v) is 14.4. The Kier molecular flexibility index (Phi) is 5.87. The van der Waals surface area contributed by atoms with Crippen LogP contribution in [0.4, 0.5) is 5.69 Å². The van der Waals surface area contributed by atoms with Crippen molar-refractivity contribution in [2.24, 2.45) is 11.5 Å². The lowest BCUT2D eigenvalue weighted by Gasteiger charge is -2.39. The van der Waals surface area contributed by atoms with Gasteiger partial charge in [0, 0.05) is 38.4 Å². The molecular weight excluding hydrogens is 322 g/mol. The molecule has 8 heteroatoms. The molecule has 0 aromatic heterocycles. The molecule has 5 N–H and O–H groups in total. The van der Waals surface area contributed by atoms with E-state index in [1.165, 1.54) is 5.56 Å². The first kappa shape index (κ1) is 18.1. The van der Waals surface area contributed by atoms with Crippen molar-refractivity contribution in [1.29, 1.82) is 0 Å². The third-order valence-corrected chi connectivity index (χ3v) is 4.71. The Balaban J connectivity index is 1.55. The minimum absolute atomic E-state index is 0.0929. The van der Waals surface area contributed by atoms with Crippen LogP contribution in [0.5, 0.6) is 0 Å². The van der Waals surface area contributed by atoms with Gasteiger partial charge in [-0.05, 0) is 17.7 Å². The Labute approximate surface area is 147 Å². The molecule has 2 saturated heterocycles. The summed E-state index contributed by atoms with van der Waals surface area (Å²) in [6, 6.07) is 8.37. The number of nitrogens with zero attached hydrogens (tertiary/aromatic N) is 3. The van der Waals surface area contributed by atoms with Crippen molar-refractivity contribution in [1.82, 2.24) is 9.80 Å². The molecule has 8 nitrogen and oxygen atoms in total. The van der Waals surface area contributed by atoms with Gasteiger partial charge in [0.25, 0.3) is 0 Å². The number of rotatable bonds is 5. The Hall–Kier alpha value is -1.71. The van der Waals surface area contributed by atoms with E-state index in [0.29, 0.717) is 19.7 Å². The molecule has 2 atom stereocenters. The molecule has 2 heterocycles. The largest absolute Gasteiger partial charge is 0.376 e. The van der Waals surface area contributed by atoms with E-state index < -0.39 is 12.1 Å². The maximum atomic E-state index is 11.0. The molecule has 2 fully saturated rings. The third-order valence-electron chi connectivity index (χ3n) is 4.71. The highest BCUT2D eigenvalue weighted by Gasteiger charge is 2.26. The standard InChI is InChI=1S/C17H27N5O3/c18-15(23)10-22-6-5-21(12-17(22)24)14-3-1-13(2-4-14)9-20-7-8-25-16(19)11-20/h1-4,16-17,24H,5-12,19H2,(H2,18,23). The fraction of sp³-hybridized carbons (Fsp3) is 0.588. The number of benzene rings is 1. The van der Waals surface area contributed by atoms with Crippen molar-refractivity contribution in [2.75, 3.05) is 50.8 Å². The number of aliphatic hydroxyl groups excluding tert-OH is 1. The van der Waals surface area contributed by atoms with Crippen LogP contribution in [0, 0.1) is 0 Å². The number of ether oxygens (including phenoxy) is 1. The van der Waals surface area contributed by atoms with Crippen LogP contribution in [0.3, 0.4) is 0 Å². The zero-order valence-electron chi connectivity index (χ0n) is 14.4. The number of morpholine rings is 1. The number of anilines is 1. The highest BCUT2D eigenvalue weighted by atomic mass is 16.5. The third kappa shape index (κ3) is 4.90. The number of β-amino-alcohol motifs (C(OH)–C–C–N with tert-alkyl or cyclic N) is 1. The molecular formula is C17H27N5O3. The summed E-state index contributed by atoms with van der Waals surface area (Å²) in [5.41, 5.74) is 13.3. The van der Waals surface area contributed by atoms with E-state index in [2.05, 4.69) is 34.1 Å². The van der Waals surface area contributed by atoms with Gasteiger partial charge in [0.2, 0.25) is 5.91 Å². The topological polar surface area (TPSA) is 108 Å². The van der Waals surface area contributed by atoms with Gasteiger partial charge in [-0.2, -0.15) is 0 Å². The Morgan fingerprint density at radius 2 is 1.96 bits per heavy atom. The number of carbonyl (C=O) groups is 1. The second-order valence-electron chi connectivity index (χ2n) is 6.67. The van der Waals surface area contributed by atoms with Crippen molar-refractivity contribution in [3.05, 3.63) is 29.8 Å². The van der Waals surface area contributed by atoms with Crippen LogP contribution < -0.4 is 16.4 Å². The molecule has 3 rings (SSSR count). The van der Waals surface area contributed by atoms with Crippen LogP contribution in [0.2, 0.25) is 0 Å². The number of piperazine rings is 1. The van der Waals surface area contributed by atoms with E-state index in [4.69, 9.17) is 16.2 Å². The number of aliphatic hydroxyl groups is 1. The summed E-state index contributed by atoms with van der Waals surface area (Å²) in [6.45, 7) is 5.08. The van der Waals surface area contributed by atoms with Gasteiger partial charge in [0.15, 0.2) is 0 Å². The fourth-order valence-electron chi connectivity index (χ4n) is 3.37. The lowest BCUT2D eigenvalue weighted by Crippen LogP contribution is -2.55. The number of nitrogens with two attached hydrogens (primary N) is 2. The Morgan fingerprint density at radius 1 is 1.20 bits per heavy atom. The van der Waals surface area contributed by atoms with Crippen molar-refractivity contribution < 1.29 is 14.6 Å². The summed E-state index contributed by atoms with van der Waals surface area (Å²) in [7, 11) is 0. The Bertz CT molecular complexity index is 582. The maximum Gasteiger partial charge on any atom is 0.231 e. The summed E-state index contributed by atoms with van der Waals surface area (Å²) in [4.78, 5) is 17.1. The summed E-state index contributed by atoms with van der Waals surface area (Å²) in [5, 5.41) is 10.2. The monoisotopic (exact) mass is 349 g/mol. The van der Waals surface area contributed by atoms with Gasteiger partial charge in [0.1, 0.15) is 12.5 Å². The van der Waals surface area contributed by atoms with Crippen LogP contribution in [-0.2, 0) is 16.1 Å². The molecule has 0 radical (unpaired) electrons. The summed E-state index contributed by atoms with van der Waals surface area (Å²) in [5.74, 6) is -0.417. The van der Waals surface area contributed by atoms with Crippen LogP contribution in [0.25, 0.3) is 0 Å². The normalized spacial score (nSPS) is 25.9. The lowest BCUT2D eigenvalue weighted by atomic mass is 10.1. The number of primary amides is 1. The number of carbonyl (C=O) groups excluding carboxylic acids is 1. The molecule has 2 unspecified atom stereocenters. The molecule has 1 aromatic carbocycles. The SMILES string of the molecule is NC(=O)CN1CCN(c2ccc(CN3CCOC(N)C3)cc2)CC1O. The van der Waals surface area contributed by atoms with E-state index in [0.717, 1.165) is 31.9 Å². The van der Waals surface area contributed by atoms with E-state index in [9.17, 15) is 9.90 Å². The minimum atomic E-state index is -0.684. The van der Waals surface area contributed by atoms with Gasteiger partial charge in [-0.1, -0.05) is 12.1 Å². The molecule has 1 aromatic rings. The fourth-order valence-corrected chi connectivity index (χ4v) is 3.37. The van der Waals surface area contributed by atoms with Crippen molar-refractivity contribution >= 4 is 11.6 Å². The number of hydrogen-bond acceptors (Lipinski definition) is 7. The smallest absolute Gasteiger partial charge is 0.231 e. The summed E-state index contributed by atoms with van der Waals surface area (Å²) < 4.78 is 5.36. The number of hydrogen-bond donors (Lipinski definition) is 3. The van der Waals surface area contributed by atoms with Gasteiger partial charge in [-0.25, -0.2) is 0 Å². The average Bonchev–Trinajstić information content (AvgIpc) is 2.57. The van der Waals surface area contributed by atoms with Crippen LogP contribution in [-0.4, -0.2) is 79.1 Å². The maximum absolute atomic E-state index is 11.0. The molecule has 0 spiro atoms. The molecule has 25 heavy (non-hydrogen) atoms. The molecule has 2 aliphatic rings. The van der Waals surface area contributed by atoms with Crippen molar-refractivity contribution in [2.45, 2.75) is 19.0 Å². The van der Waals surface area contributed by atoms with Gasteiger partial charge in [-0.15, -0.1) is 0 Å². The highest BCUT2D eigenvalue weighted by Crippen LogP contribution is 2.20. The lowest BCUT2D eigenvalue weighted by molar-refractivity contribution is -0.122. The first-order valence-corrected chi connectivity index (χ1v) is 8.65. The predicted octanol–water partition coefficient (Wildman–Crippen LogP) is -1.27. The minimum Gasteiger partial charge on any atom is -0.376 e. The molecule has 2 aliphatic heterocycles. The van der Waals surface area contributed by atoms with Gasteiger partial charge in [0.05, 0.1) is 19.7 Å². The quantitative estimate of drug-likeness (QED) is 0.608. The zero-order chi connectivity index (χ0) is 17.8. The molecule has 138 valence electrons. The average molecular weight is 349 g/mol. The second-order valence-corrected chi connectivity index (χ2v) is 6.67. The van der Waals surface area contributed by atoms with Gasteiger partial charge >= 0.3 is 0 Å². The van der Waals surface area contributed by atoms with Crippen molar-refractivity contribution in [3.63, 3.8) is 0 Å². The van der Waals surface area contributed by atoms with Crippen LogP contribution in [0.15, 0.2) is 24.3 Å². The van der Waals surface area contributed by atoms with Crippen molar-refractivity contribution in [3.8, 4) is 0 Å². The first-order chi connectivity index (χ1) is 12.0. The van der Waals surface area contributed by atoms with E-state index >= 15 is 0 Å². The van der Waals surface area contributed by atoms with E-state index in [-0.39, 0.29) is 12.8 Å². The highest BCUT2D eigenvalue weighted by molar-refractivity contribution is 5.76. The van der Waals surface area contributed by atoms with Crippen LogP contribution >= 0.6 is 0 Å². The molecule has 0 aliphatic carbocycles. The first-order valence-electron chi connectivity index (χ1n) is 8.65. The molecule has 0 saturated carbocycles. The van der Waals surface area contributed by atoms with E-state index in [1.54, 1.807) is 4.90 Å². The van der Waals surface area contributed by atoms with E-state index in [1.807, 2.05) is 0 Å². The second kappa shape index (κ2) is 8.11. The van der Waals surface area contributed by atoms with Gasteiger partial charge in [-0.3, -0.25) is 14.6 Å². The summed E-state index contributed by atoms with van der Waals surface area (Å²) >= 11 is 0. The molecule has 1 amide bonds. The molecule has 0 bridgehead atoms. The van der Waals surface area contributed by atoms with Crippen LogP contribution in [0.1, 0.15) is 5.56 Å². The Morgan fingerprint density at radius 3 is 2.60 bits per heavy atom.